The van der Waals surface area contributed by atoms with E-state index in [0.717, 1.165) is 16.6 Å². The summed E-state index contributed by atoms with van der Waals surface area (Å²) in [5.41, 5.74) is 2.96. The number of nitrogens with one attached hydrogen (secondary N) is 3. The van der Waals surface area contributed by atoms with Gasteiger partial charge < -0.3 is 30.6 Å². The number of amides is 1. The fourth-order valence-corrected chi connectivity index (χ4v) is 3.91. The summed E-state index contributed by atoms with van der Waals surface area (Å²) < 4.78 is 7.21. The number of aliphatic hydroxyl groups is 1. The lowest BCUT2D eigenvalue weighted by Crippen LogP contribution is -2.43. The van der Waals surface area contributed by atoms with Crippen LogP contribution in [0.15, 0.2) is 35.1 Å². The molecule has 1 amide bonds. The standard InChI is InChI=1S/C23H28N4O5/c1-13-4-5-16-18(8-13)27(22(31)26-16)7-6-23(2,3)24-11-19(29)15-9-14(28)10-17-21(15)32-12-20(30)25-17/h4-5,8-10,19,24,28-29H,6-7,11-12H2,1-3H3,(H,25,30)(H,26,31)/t19-/m0/s1. The smallest absolute Gasteiger partial charge is 0.326 e. The van der Waals surface area contributed by atoms with Crippen LogP contribution in [0.4, 0.5) is 5.69 Å². The lowest BCUT2D eigenvalue weighted by atomic mass is 9.99. The molecule has 170 valence electrons. The zero-order chi connectivity index (χ0) is 23.0. The highest BCUT2D eigenvalue weighted by Gasteiger charge is 2.26. The Morgan fingerprint density at radius 3 is 2.81 bits per heavy atom. The maximum absolute atomic E-state index is 12.4. The van der Waals surface area contributed by atoms with Crippen LogP contribution in [0.2, 0.25) is 0 Å². The highest BCUT2D eigenvalue weighted by atomic mass is 16.5. The number of phenols is 1. The van der Waals surface area contributed by atoms with Gasteiger partial charge in [0.1, 0.15) is 11.5 Å². The molecule has 0 aliphatic carbocycles. The number of aromatic hydroxyl groups is 1. The fraction of sp³-hybridized carbons (Fsp3) is 0.391. The van der Waals surface area contributed by atoms with Crippen molar-refractivity contribution in [3.63, 3.8) is 0 Å². The van der Waals surface area contributed by atoms with Crippen LogP contribution in [0, 0.1) is 6.92 Å². The summed E-state index contributed by atoms with van der Waals surface area (Å²) in [7, 11) is 0. The number of H-pyrrole nitrogens is 1. The fourth-order valence-electron chi connectivity index (χ4n) is 3.91. The van der Waals surface area contributed by atoms with Crippen molar-refractivity contribution in [2.45, 2.75) is 45.4 Å². The molecule has 2 aromatic carbocycles. The summed E-state index contributed by atoms with van der Waals surface area (Å²) in [6.45, 7) is 6.55. The minimum Gasteiger partial charge on any atom is -0.508 e. The normalized spacial score (nSPS) is 14.7. The Kier molecular flexibility index (Phi) is 5.70. The van der Waals surface area contributed by atoms with Gasteiger partial charge in [-0.15, -0.1) is 0 Å². The molecule has 0 saturated heterocycles. The summed E-state index contributed by atoms with van der Waals surface area (Å²) in [4.78, 5) is 26.8. The molecule has 32 heavy (non-hydrogen) atoms. The first-order valence-corrected chi connectivity index (χ1v) is 10.5. The van der Waals surface area contributed by atoms with E-state index in [1.165, 1.54) is 12.1 Å². The van der Waals surface area contributed by atoms with Crippen molar-refractivity contribution in [3.8, 4) is 11.5 Å². The average Bonchev–Trinajstić information content (AvgIpc) is 3.04. The van der Waals surface area contributed by atoms with Crippen LogP contribution in [-0.2, 0) is 11.3 Å². The third-order valence-corrected chi connectivity index (χ3v) is 5.75. The highest BCUT2D eigenvalue weighted by molar-refractivity contribution is 5.96. The van der Waals surface area contributed by atoms with E-state index in [0.29, 0.717) is 30.0 Å². The van der Waals surface area contributed by atoms with Crippen molar-refractivity contribution in [3.05, 3.63) is 51.9 Å². The van der Waals surface area contributed by atoms with E-state index in [2.05, 4.69) is 15.6 Å². The summed E-state index contributed by atoms with van der Waals surface area (Å²) in [6, 6.07) is 8.68. The Morgan fingerprint density at radius 2 is 2.03 bits per heavy atom. The molecular formula is C23H28N4O5. The molecule has 0 fully saturated rings. The zero-order valence-electron chi connectivity index (χ0n) is 18.4. The van der Waals surface area contributed by atoms with E-state index in [1.54, 1.807) is 4.57 Å². The Balaban J connectivity index is 1.44. The van der Waals surface area contributed by atoms with Crippen LogP contribution in [-0.4, -0.2) is 44.4 Å². The lowest BCUT2D eigenvalue weighted by molar-refractivity contribution is -0.118. The molecule has 5 N–H and O–H groups in total. The van der Waals surface area contributed by atoms with Crippen molar-refractivity contribution in [1.82, 2.24) is 14.9 Å². The first kappa shape index (κ1) is 21.9. The molecular weight excluding hydrogens is 412 g/mol. The first-order valence-electron chi connectivity index (χ1n) is 10.5. The molecule has 0 spiro atoms. The number of imidazole rings is 1. The molecule has 1 aromatic heterocycles. The largest absolute Gasteiger partial charge is 0.508 e. The van der Waals surface area contributed by atoms with Crippen LogP contribution in [0.25, 0.3) is 11.0 Å². The maximum atomic E-state index is 12.4. The number of carbonyl (C=O) groups is 1. The minimum absolute atomic E-state index is 0.0723. The number of aromatic amines is 1. The van der Waals surface area contributed by atoms with Gasteiger partial charge in [0.15, 0.2) is 6.61 Å². The van der Waals surface area contributed by atoms with E-state index < -0.39 is 6.10 Å². The molecule has 4 rings (SSSR count). The quantitative estimate of drug-likeness (QED) is 0.383. The van der Waals surface area contributed by atoms with Gasteiger partial charge in [0.25, 0.3) is 5.91 Å². The molecule has 2 heterocycles. The molecule has 1 atom stereocenters. The molecule has 0 bridgehead atoms. The third-order valence-electron chi connectivity index (χ3n) is 5.75. The van der Waals surface area contributed by atoms with Crippen molar-refractivity contribution in [2.75, 3.05) is 18.5 Å². The number of hydrogen-bond donors (Lipinski definition) is 5. The molecule has 3 aromatic rings. The number of fused-ring (bicyclic) bond motifs is 2. The van der Waals surface area contributed by atoms with Gasteiger partial charge in [-0.3, -0.25) is 9.36 Å². The number of aliphatic hydroxyl groups excluding tert-OH is 1. The van der Waals surface area contributed by atoms with Gasteiger partial charge in [-0.2, -0.15) is 0 Å². The van der Waals surface area contributed by atoms with E-state index in [4.69, 9.17) is 4.74 Å². The number of carbonyl (C=O) groups excluding carboxylic acids is 1. The zero-order valence-corrected chi connectivity index (χ0v) is 18.4. The van der Waals surface area contributed by atoms with Crippen LogP contribution >= 0.6 is 0 Å². The van der Waals surface area contributed by atoms with Gasteiger partial charge in [0, 0.05) is 30.3 Å². The van der Waals surface area contributed by atoms with Crippen molar-refractivity contribution in [2.24, 2.45) is 0 Å². The van der Waals surface area contributed by atoms with Gasteiger partial charge in [-0.1, -0.05) is 6.07 Å². The maximum Gasteiger partial charge on any atom is 0.326 e. The van der Waals surface area contributed by atoms with E-state index >= 15 is 0 Å². The topological polar surface area (TPSA) is 129 Å². The SMILES string of the molecule is Cc1ccc2[nH]c(=O)n(CCC(C)(C)NC[C@H](O)c3cc(O)cc4c3OCC(=O)N4)c2c1. The number of nitrogens with zero attached hydrogens (tertiary/aromatic N) is 1. The number of benzene rings is 2. The number of anilines is 1. The second kappa shape index (κ2) is 8.33. The summed E-state index contributed by atoms with van der Waals surface area (Å²) in [5.74, 6) is -0.0300. The number of hydrogen-bond acceptors (Lipinski definition) is 6. The van der Waals surface area contributed by atoms with Crippen molar-refractivity contribution >= 4 is 22.6 Å². The Morgan fingerprint density at radius 1 is 1.25 bits per heavy atom. The third kappa shape index (κ3) is 4.49. The monoisotopic (exact) mass is 440 g/mol. The van der Waals surface area contributed by atoms with Gasteiger partial charge >= 0.3 is 5.69 Å². The van der Waals surface area contributed by atoms with Crippen molar-refractivity contribution < 1.29 is 19.7 Å². The highest BCUT2D eigenvalue weighted by Crippen LogP contribution is 2.38. The minimum atomic E-state index is -0.969. The number of phenolic OH excluding ortho intramolecular Hbond substituents is 1. The number of aromatic nitrogens is 2. The van der Waals surface area contributed by atoms with Crippen molar-refractivity contribution in [1.29, 1.82) is 0 Å². The van der Waals surface area contributed by atoms with Gasteiger partial charge in [0.05, 0.1) is 22.8 Å². The van der Waals surface area contributed by atoms with Crippen LogP contribution < -0.4 is 21.1 Å². The van der Waals surface area contributed by atoms with E-state index in [-0.39, 0.29) is 36.0 Å². The summed E-state index contributed by atoms with van der Waals surface area (Å²) in [6.07, 6.45) is -0.325. The molecule has 1 aliphatic heterocycles. The van der Waals surface area contributed by atoms with Crippen LogP contribution in [0.1, 0.15) is 37.5 Å². The van der Waals surface area contributed by atoms with Crippen LogP contribution in [0.5, 0.6) is 11.5 Å². The molecule has 1 aliphatic rings. The van der Waals surface area contributed by atoms with E-state index in [9.17, 15) is 19.8 Å². The number of β-amino-alcohol motifs (C(OH)–C–C–N with tert-alkyl or cyclic N) is 1. The molecule has 9 nitrogen and oxygen atoms in total. The summed E-state index contributed by atoms with van der Waals surface area (Å²) in [5, 5.41) is 26.7. The van der Waals surface area contributed by atoms with Crippen LogP contribution in [0.3, 0.4) is 0 Å². The van der Waals surface area contributed by atoms with Gasteiger partial charge in [0.2, 0.25) is 0 Å². The molecule has 0 unspecified atom stereocenters. The molecule has 0 radical (unpaired) electrons. The molecule has 0 saturated carbocycles. The van der Waals surface area contributed by atoms with Gasteiger partial charge in [-0.25, -0.2) is 4.79 Å². The molecule has 9 heteroatoms. The van der Waals surface area contributed by atoms with E-state index in [1.807, 2.05) is 39.0 Å². The predicted octanol–water partition coefficient (Wildman–Crippen LogP) is 2.17. The van der Waals surface area contributed by atoms with Gasteiger partial charge in [-0.05, 0) is 51.0 Å². The second-order valence-electron chi connectivity index (χ2n) is 8.88. The second-order valence-corrected chi connectivity index (χ2v) is 8.88. The lowest BCUT2D eigenvalue weighted by Gasteiger charge is -2.29. The number of rotatable bonds is 7. The Hall–Kier alpha value is -3.30. The summed E-state index contributed by atoms with van der Waals surface area (Å²) >= 11 is 0. The first-order chi connectivity index (χ1) is 15.1. The Bertz CT molecular complexity index is 1230. The Labute approximate surface area is 185 Å². The average molecular weight is 441 g/mol. The predicted molar refractivity (Wildman–Crippen MR) is 121 cm³/mol. The number of ether oxygens (including phenoxy) is 1. The number of aryl methyl sites for hydroxylation is 2.